The fraction of sp³-hybridized carbons (Fsp3) is 0.417. The van der Waals surface area contributed by atoms with Gasteiger partial charge in [-0.3, -0.25) is 29.5 Å². The number of benzene rings is 2. The third-order valence-corrected chi connectivity index (χ3v) is 6.31. The normalized spacial score (nSPS) is 18.4. The summed E-state index contributed by atoms with van der Waals surface area (Å²) in [6.45, 7) is 4.07. The maximum atomic E-state index is 12.7. The third kappa shape index (κ3) is 5.31. The standard InChI is InChI=1S/C24H28N4O5/c1-17-6-4-5-11-26(17)14-19-8-3-2-7-18(19)13-25-23(29)15-27-21-12-20(28(31)32)9-10-22(21)33-16-24(27)30/h2-3,7-10,12,17H,4-6,11,13-16H2,1H3,(H,25,29). The molecular weight excluding hydrogens is 424 g/mol. The Bertz CT molecular complexity index is 1060. The summed E-state index contributed by atoms with van der Waals surface area (Å²) in [5.41, 5.74) is 2.27. The van der Waals surface area contributed by atoms with E-state index in [4.69, 9.17) is 4.74 Å². The number of carbonyl (C=O) groups excluding carboxylic acids is 2. The average molecular weight is 453 g/mol. The molecule has 0 bridgehead atoms. The minimum Gasteiger partial charge on any atom is -0.482 e. The van der Waals surface area contributed by atoms with Crippen LogP contribution in [0.5, 0.6) is 5.75 Å². The molecule has 1 N–H and O–H groups in total. The van der Waals surface area contributed by atoms with E-state index < -0.39 is 10.8 Å². The van der Waals surface area contributed by atoms with E-state index in [1.54, 1.807) is 0 Å². The van der Waals surface area contributed by atoms with Crippen molar-refractivity contribution in [3.05, 3.63) is 63.7 Å². The highest BCUT2D eigenvalue weighted by atomic mass is 16.6. The number of nitro groups is 1. The van der Waals surface area contributed by atoms with Crippen LogP contribution in [0.4, 0.5) is 11.4 Å². The summed E-state index contributed by atoms with van der Waals surface area (Å²) >= 11 is 0. The Balaban J connectivity index is 1.42. The number of hydrogen-bond donors (Lipinski definition) is 1. The molecular formula is C24H28N4O5. The molecule has 1 saturated heterocycles. The highest BCUT2D eigenvalue weighted by molar-refractivity contribution is 6.02. The maximum Gasteiger partial charge on any atom is 0.271 e. The maximum absolute atomic E-state index is 12.7. The monoisotopic (exact) mass is 452 g/mol. The highest BCUT2D eigenvalue weighted by Crippen LogP contribution is 2.35. The molecule has 9 heteroatoms. The number of amides is 2. The van der Waals surface area contributed by atoms with Gasteiger partial charge in [-0.05, 0) is 43.5 Å². The van der Waals surface area contributed by atoms with Crippen LogP contribution in [0.25, 0.3) is 0 Å². The van der Waals surface area contributed by atoms with Crippen LogP contribution < -0.4 is 15.0 Å². The predicted molar refractivity (Wildman–Crippen MR) is 123 cm³/mol. The first kappa shape index (κ1) is 22.7. The summed E-state index contributed by atoms with van der Waals surface area (Å²) in [6, 6.07) is 12.6. The van der Waals surface area contributed by atoms with E-state index in [1.165, 1.54) is 47.9 Å². The molecule has 4 rings (SSSR count). The summed E-state index contributed by atoms with van der Waals surface area (Å²) in [7, 11) is 0. The first-order chi connectivity index (χ1) is 15.9. The Morgan fingerprint density at radius 3 is 2.76 bits per heavy atom. The van der Waals surface area contributed by atoms with Crippen molar-refractivity contribution in [3.8, 4) is 5.75 Å². The summed E-state index contributed by atoms with van der Waals surface area (Å²) in [4.78, 5) is 39.4. The highest BCUT2D eigenvalue weighted by Gasteiger charge is 2.29. The van der Waals surface area contributed by atoms with Crippen molar-refractivity contribution in [3.63, 3.8) is 0 Å². The zero-order valence-corrected chi connectivity index (χ0v) is 18.7. The molecule has 2 heterocycles. The zero-order chi connectivity index (χ0) is 23.4. The molecule has 0 spiro atoms. The first-order valence-electron chi connectivity index (χ1n) is 11.2. The van der Waals surface area contributed by atoms with Crippen LogP contribution in [-0.4, -0.2) is 47.4 Å². The molecule has 0 aliphatic carbocycles. The number of non-ortho nitro benzene ring substituents is 1. The van der Waals surface area contributed by atoms with Crippen LogP contribution in [0, 0.1) is 10.1 Å². The molecule has 0 aromatic heterocycles. The lowest BCUT2D eigenvalue weighted by Gasteiger charge is -2.33. The van der Waals surface area contributed by atoms with Gasteiger partial charge in [0, 0.05) is 31.3 Å². The summed E-state index contributed by atoms with van der Waals surface area (Å²) in [6.07, 6.45) is 3.67. The third-order valence-electron chi connectivity index (χ3n) is 6.31. The Labute approximate surface area is 192 Å². The molecule has 2 aromatic rings. The molecule has 9 nitrogen and oxygen atoms in total. The predicted octanol–water partition coefficient (Wildman–Crippen LogP) is 3.01. The number of piperidine rings is 1. The lowest BCUT2D eigenvalue weighted by molar-refractivity contribution is -0.384. The topological polar surface area (TPSA) is 105 Å². The molecule has 1 atom stereocenters. The van der Waals surface area contributed by atoms with Crippen molar-refractivity contribution in [1.29, 1.82) is 0 Å². The van der Waals surface area contributed by atoms with Gasteiger partial charge >= 0.3 is 0 Å². The minimum atomic E-state index is -0.544. The van der Waals surface area contributed by atoms with E-state index in [1.807, 2.05) is 18.2 Å². The quantitative estimate of drug-likeness (QED) is 0.511. The van der Waals surface area contributed by atoms with Crippen molar-refractivity contribution in [1.82, 2.24) is 10.2 Å². The van der Waals surface area contributed by atoms with Crippen molar-refractivity contribution in [2.75, 3.05) is 24.6 Å². The number of anilines is 1. The Morgan fingerprint density at radius 2 is 2.00 bits per heavy atom. The number of rotatable bonds is 7. The van der Waals surface area contributed by atoms with E-state index in [-0.39, 0.29) is 30.4 Å². The number of nitrogens with zero attached hydrogens (tertiary/aromatic N) is 3. The van der Waals surface area contributed by atoms with Crippen molar-refractivity contribution in [2.24, 2.45) is 0 Å². The Hall–Kier alpha value is -3.46. The van der Waals surface area contributed by atoms with Crippen LogP contribution >= 0.6 is 0 Å². The molecule has 2 aromatic carbocycles. The van der Waals surface area contributed by atoms with Gasteiger partial charge in [-0.2, -0.15) is 0 Å². The second-order valence-electron chi connectivity index (χ2n) is 8.54. The van der Waals surface area contributed by atoms with E-state index >= 15 is 0 Å². The Morgan fingerprint density at radius 1 is 1.21 bits per heavy atom. The Kier molecular flexibility index (Phi) is 6.88. The molecule has 0 saturated carbocycles. The lowest BCUT2D eigenvalue weighted by Crippen LogP contribution is -2.45. The zero-order valence-electron chi connectivity index (χ0n) is 18.7. The van der Waals surface area contributed by atoms with Crippen molar-refractivity contribution in [2.45, 2.75) is 45.3 Å². The summed E-state index contributed by atoms with van der Waals surface area (Å²) in [5, 5.41) is 14.0. The number of hydrogen-bond acceptors (Lipinski definition) is 6. The summed E-state index contributed by atoms with van der Waals surface area (Å²) in [5.74, 6) is -0.421. The largest absolute Gasteiger partial charge is 0.482 e. The van der Waals surface area contributed by atoms with E-state index in [2.05, 4.69) is 23.2 Å². The van der Waals surface area contributed by atoms with Crippen molar-refractivity contribution < 1.29 is 19.2 Å². The van der Waals surface area contributed by atoms with Crippen molar-refractivity contribution >= 4 is 23.2 Å². The fourth-order valence-corrected chi connectivity index (χ4v) is 4.37. The molecule has 174 valence electrons. The van der Waals surface area contributed by atoms with Crippen LogP contribution in [0.2, 0.25) is 0 Å². The molecule has 1 unspecified atom stereocenters. The number of carbonyl (C=O) groups is 2. The fourth-order valence-electron chi connectivity index (χ4n) is 4.37. The number of nitrogens with one attached hydrogen (secondary N) is 1. The van der Waals surface area contributed by atoms with Gasteiger partial charge in [-0.25, -0.2) is 0 Å². The molecule has 1 fully saturated rings. The molecule has 0 radical (unpaired) electrons. The minimum absolute atomic E-state index is 0.168. The number of fused-ring (bicyclic) bond motifs is 1. The van der Waals surface area contributed by atoms with Crippen LogP contribution in [-0.2, 0) is 22.7 Å². The van der Waals surface area contributed by atoms with E-state index in [0.29, 0.717) is 18.3 Å². The van der Waals surface area contributed by atoms with Gasteiger partial charge in [0.25, 0.3) is 11.6 Å². The SMILES string of the molecule is CC1CCCCN1Cc1ccccc1CNC(=O)CN1C(=O)COc2ccc([N+](=O)[O-])cc21. The molecule has 2 aliphatic rings. The van der Waals surface area contributed by atoms with Gasteiger partial charge in [0.2, 0.25) is 5.91 Å². The van der Waals surface area contributed by atoms with Gasteiger partial charge in [-0.15, -0.1) is 0 Å². The average Bonchev–Trinajstić information content (AvgIpc) is 2.81. The lowest BCUT2D eigenvalue weighted by atomic mass is 10.0. The van der Waals surface area contributed by atoms with E-state index in [9.17, 15) is 19.7 Å². The van der Waals surface area contributed by atoms with Gasteiger partial charge in [0.15, 0.2) is 6.61 Å². The van der Waals surface area contributed by atoms with Crippen LogP contribution in [0.15, 0.2) is 42.5 Å². The summed E-state index contributed by atoms with van der Waals surface area (Å²) < 4.78 is 5.36. The molecule has 33 heavy (non-hydrogen) atoms. The van der Waals surface area contributed by atoms with Gasteiger partial charge in [0.05, 0.1) is 10.6 Å². The smallest absolute Gasteiger partial charge is 0.271 e. The number of nitro benzene ring substituents is 1. The number of likely N-dealkylation sites (tertiary alicyclic amines) is 1. The van der Waals surface area contributed by atoms with E-state index in [0.717, 1.165) is 18.7 Å². The second-order valence-corrected chi connectivity index (χ2v) is 8.54. The molecule has 2 amide bonds. The van der Waals surface area contributed by atoms with Gasteiger partial charge < -0.3 is 10.1 Å². The second kappa shape index (κ2) is 9.99. The van der Waals surface area contributed by atoms with Crippen LogP contribution in [0.1, 0.15) is 37.3 Å². The first-order valence-corrected chi connectivity index (χ1v) is 11.2. The van der Waals surface area contributed by atoms with Gasteiger partial charge in [-0.1, -0.05) is 30.7 Å². The molecule has 2 aliphatic heterocycles. The number of ether oxygens (including phenoxy) is 1. The van der Waals surface area contributed by atoms with Gasteiger partial charge in [0.1, 0.15) is 12.3 Å². The van der Waals surface area contributed by atoms with Crippen LogP contribution in [0.3, 0.4) is 0 Å².